The molecular weight excluding hydrogens is 212 g/mol. The van der Waals surface area contributed by atoms with Gasteiger partial charge >= 0.3 is 6.61 Å². The van der Waals surface area contributed by atoms with Crippen LogP contribution in [0.3, 0.4) is 0 Å². The van der Waals surface area contributed by atoms with E-state index in [-0.39, 0.29) is 11.8 Å². The Hall–Kier alpha value is -1.42. The Morgan fingerprint density at radius 3 is 2.69 bits per heavy atom. The van der Waals surface area contributed by atoms with Crippen LogP contribution >= 0.6 is 0 Å². The lowest BCUT2D eigenvalue weighted by atomic mass is 10.1. The molecule has 0 bridgehead atoms. The summed E-state index contributed by atoms with van der Waals surface area (Å²) in [6, 6.07) is 6.52. The lowest BCUT2D eigenvalue weighted by Crippen LogP contribution is -2.20. The normalized spacial score (nSPS) is 12.5. The van der Waals surface area contributed by atoms with Gasteiger partial charge in [-0.05, 0) is 12.6 Å². The molecule has 4 heteroatoms. The molecule has 0 radical (unpaired) electrons. The first-order valence-electron chi connectivity index (χ1n) is 5.08. The van der Waals surface area contributed by atoms with E-state index in [2.05, 4.69) is 16.6 Å². The summed E-state index contributed by atoms with van der Waals surface area (Å²) in [5, 5.41) is 3.12. The van der Waals surface area contributed by atoms with Crippen LogP contribution in [0.1, 0.15) is 18.5 Å². The monoisotopic (exact) mass is 227 g/mol. The number of benzene rings is 1. The molecule has 0 saturated heterocycles. The molecule has 0 aliphatic carbocycles. The summed E-state index contributed by atoms with van der Waals surface area (Å²) >= 11 is 0. The predicted molar refractivity (Wildman–Crippen MR) is 59.7 cm³/mol. The van der Waals surface area contributed by atoms with E-state index in [1.54, 1.807) is 24.3 Å². The predicted octanol–water partition coefficient (Wildman–Crippen LogP) is 3.12. The third kappa shape index (κ3) is 3.31. The highest BCUT2D eigenvalue weighted by Gasteiger charge is 2.14. The van der Waals surface area contributed by atoms with Crippen LogP contribution in [0.2, 0.25) is 0 Å². The van der Waals surface area contributed by atoms with Crippen molar-refractivity contribution >= 4 is 0 Å². The van der Waals surface area contributed by atoms with Crippen LogP contribution in [0, 0.1) is 0 Å². The van der Waals surface area contributed by atoms with Gasteiger partial charge in [0.15, 0.2) is 0 Å². The quantitative estimate of drug-likeness (QED) is 0.754. The van der Waals surface area contributed by atoms with Crippen molar-refractivity contribution in [3.8, 4) is 5.75 Å². The lowest BCUT2D eigenvalue weighted by Gasteiger charge is -2.17. The average molecular weight is 227 g/mol. The number of halogens is 2. The minimum atomic E-state index is -2.81. The Bertz CT molecular complexity index is 342. The first-order chi connectivity index (χ1) is 7.69. The summed E-state index contributed by atoms with van der Waals surface area (Å²) in [5.74, 6) is 0.184. The number of rotatable bonds is 6. The van der Waals surface area contributed by atoms with Crippen LogP contribution in [-0.4, -0.2) is 13.2 Å². The second-order valence-electron chi connectivity index (χ2n) is 3.19. The molecular formula is C12H15F2NO. The summed E-state index contributed by atoms with van der Waals surface area (Å²) in [4.78, 5) is 0. The molecule has 0 fully saturated rings. The van der Waals surface area contributed by atoms with Gasteiger partial charge in [-0.1, -0.05) is 31.2 Å². The highest BCUT2D eigenvalue weighted by atomic mass is 19.3. The topological polar surface area (TPSA) is 21.3 Å². The lowest BCUT2D eigenvalue weighted by molar-refractivity contribution is -0.0506. The largest absolute Gasteiger partial charge is 0.434 e. The second-order valence-corrected chi connectivity index (χ2v) is 3.19. The van der Waals surface area contributed by atoms with Crippen molar-refractivity contribution in [2.24, 2.45) is 0 Å². The zero-order valence-corrected chi connectivity index (χ0v) is 9.12. The molecule has 1 rings (SSSR count). The zero-order chi connectivity index (χ0) is 12.0. The van der Waals surface area contributed by atoms with Crippen molar-refractivity contribution in [1.29, 1.82) is 0 Å². The van der Waals surface area contributed by atoms with Crippen molar-refractivity contribution in [2.45, 2.75) is 19.6 Å². The summed E-state index contributed by atoms with van der Waals surface area (Å²) in [6.07, 6.45) is 1.66. The molecule has 0 aliphatic rings. The van der Waals surface area contributed by atoms with Gasteiger partial charge in [0.1, 0.15) is 5.75 Å². The molecule has 0 aliphatic heterocycles. The number of nitrogens with one attached hydrogen (secondary N) is 1. The first-order valence-corrected chi connectivity index (χ1v) is 5.08. The van der Waals surface area contributed by atoms with Crippen molar-refractivity contribution in [3.63, 3.8) is 0 Å². The first kappa shape index (κ1) is 12.6. The molecule has 1 atom stereocenters. The van der Waals surface area contributed by atoms with Gasteiger partial charge in [0, 0.05) is 5.56 Å². The van der Waals surface area contributed by atoms with E-state index < -0.39 is 6.61 Å². The van der Waals surface area contributed by atoms with E-state index in [4.69, 9.17) is 0 Å². The van der Waals surface area contributed by atoms with Gasteiger partial charge in [-0.15, -0.1) is 6.58 Å². The Kier molecular flexibility index (Phi) is 4.92. The van der Waals surface area contributed by atoms with Gasteiger partial charge in [0.05, 0.1) is 6.04 Å². The van der Waals surface area contributed by atoms with Crippen LogP contribution < -0.4 is 10.1 Å². The van der Waals surface area contributed by atoms with Crippen molar-refractivity contribution in [3.05, 3.63) is 42.5 Å². The molecule has 0 saturated carbocycles. The van der Waals surface area contributed by atoms with Crippen LogP contribution in [0.15, 0.2) is 36.9 Å². The fourth-order valence-electron chi connectivity index (χ4n) is 1.48. The van der Waals surface area contributed by atoms with Gasteiger partial charge in [-0.2, -0.15) is 8.78 Å². The van der Waals surface area contributed by atoms with Crippen LogP contribution in [0.4, 0.5) is 8.78 Å². The minimum Gasteiger partial charge on any atom is -0.434 e. The van der Waals surface area contributed by atoms with Gasteiger partial charge in [0.2, 0.25) is 0 Å². The molecule has 2 nitrogen and oxygen atoms in total. The molecule has 1 aromatic rings. The van der Waals surface area contributed by atoms with Gasteiger partial charge < -0.3 is 10.1 Å². The van der Waals surface area contributed by atoms with Crippen molar-refractivity contribution < 1.29 is 13.5 Å². The fraction of sp³-hybridized carbons (Fsp3) is 0.333. The van der Waals surface area contributed by atoms with E-state index in [9.17, 15) is 8.78 Å². The number of para-hydroxylation sites is 1. The Labute approximate surface area is 93.9 Å². The second kappa shape index (κ2) is 6.23. The SMILES string of the molecule is C=CC(NCC)c1ccccc1OC(F)F. The minimum absolute atomic E-state index is 0.181. The molecule has 1 unspecified atom stereocenters. The molecule has 16 heavy (non-hydrogen) atoms. The number of alkyl halides is 2. The molecule has 0 heterocycles. The maximum Gasteiger partial charge on any atom is 0.387 e. The molecule has 1 aromatic carbocycles. The standard InChI is InChI=1S/C12H15F2NO/c1-3-10(15-4-2)9-7-5-6-8-11(9)16-12(13)14/h3,5-8,10,12,15H,1,4H2,2H3. The molecule has 88 valence electrons. The third-order valence-electron chi connectivity index (χ3n) is 2.13. The van der Waals surface area contributed by atoms with E-state index in [0.717, 1.165) is 6.54 Å². The number of ether oxygens (including phenoxy) is 1. The van der Waals surface area contributed by atoms with E-state index in [1.165, 1.54) is 6.07 Å². The zero-order valence-electron chi connectivity index (χ0n) is 9.12. The maximum absolute atomic E-state index is 12.2. The van der Waals surface area contributed by atoms with Gasteiger partial charge in [-0.3, -0.25) is 0 Å². The summed E-state index contributed by atoms with van der Waals surface area (Å²) in [5.41, 5.74) is 0.666. The molecule has 0 aromatic heterocycles. The van der Waals surface area contributed by atoms with E-state index in [1.807, 2.05) is 6.92 Å². The average Bonchev–Trinajstić information content (AvgIpc) is 2.26. The highest BCUT2D eigenvalue weighted by Crippen LogP contribution is 2.26. The van der Waals surface area contributed by atoms with Crippen molar-refractivity contribution in [1.82, 2.24) is 5.32 Å². The van der Waals surface area contributed by atoms with Crippen LogP contribution in [0.25, 0.3) is 0 Å². The van der Waals surface area contributed by atoms with Gasteiger partial charge in [0.25, 0.3) is 0 Å². The third-order valence-corrected chi connectivity index (χ3v) is 2.13. The smallest absolute Gasteiger partial charge is 0.387 e. The molecule has 0 amide bonds. The number of hydrogen-bond donors (Lipinski definition) is 1. The van der Waals surface area contributed by atoms with Crippen LogP contribution in [-0.2, 0) is 0 Å². The Balaban J connectivity index is 2.95. The number of likely N-dealkylation sites (N-methyl/N-ethyl adjacent to an activating group) is 1. The van der Waals surface area contributed by atoms with E-state index in [0.29, 0.717) is 5.56 Å². The van der Waals surface area contributed by atoms with Crippen molar-refractivity contribution in [2.75, 3.05) is 6.54 Å². The summed E-state index contributed by atoms with van der Waals surface area (Å²) < 4.78 is 28.8. The summed E-state index contributed by atoms with van der Waals surface area (Å²) in [7, 11) is 0. The summed E-state index contributed by atoms with van der Waals surface area (Å²) in [6.45, 7) is 3.52. The molecule has 1 N–H and O–H groups in total. The Morgan fingerprint density at radius 1 is 1.44 bits per heavy atom. The van der Waals surface area contributed by atoms with Crippen LogP contribution in [0.5, 0.6) is 5.75 Å². The number of hydrogen-bond acceptors (Lipinski definition) is 2. The Morgan fingerprint density at radius 2 is 2.12 bits per heavy atom. The highest BCUT2D eigenvalue weighted by molar-refractivity contribution is 5.37. The molecule has 0 spiro atoms. The fourth-order valence-corrected chi connectivity index (χ4v) is 1.48. The van der Waals surface area contributed by atoms with E-state index >= 15 is 0 Å². The maximum atomic E-state index is 12.2. The van der Waals surface area contributed by atoms with Gasteiger partial charge in [-0.25, -0.2) is 0 Å².